The lowest BCUT2D eigenvalue weighted by Gasteiger charge is -2.13. The van der Waals surface area contributed by atoms with E-state index in [1.165, 1.54) is 0 Å². The van der Waals surface area contributed by atoms with Crippen molar-refractivity contribution >= 4 is 43.7 Å². The van der Waals surface area contributed by atoms with Gasteiger partial charge in [-0.3, -0.25) is 14.7 Å². The van der Waals surface area contributed by atoms with Crippen molar-refractivity contribution in [1.29, 1.82) is 0 Å². The highest BCUT2D eigenvalue weighted by molar-refractivity contribution is 9.13. The number of nitrogens with one attached hydrogen (secondary N) is 2. The molecule has 10 heteroatoms. The number of halogens is 2. The fourth-order valence-electron chi connectivity index (χ4n) is 2.24. The summed E-state index contributed by atoms with van der Waals surface area (Å²) in [5.74, 6) is 0.0765. The van der Waals surface area contributed by atoms with Crippen LogP contribution in [0, 0.1) is 0 Å². The second-order valence-electron chi connectivity index (χ2n) is 5.31. The number of carbonyl (C=O) groups is 1. The Morgan fingerprint density at radius 2 is 2.00 bits per heavy atom. The highest BCUT2D eigenvalue weighted by Crippen LogP contribution is 2.41. The van der Waals surface area contributed by atoms with Crippen LogP contribution in [0.5, 0.6) is 5.75 Å². The Bertz CT molecular complexity index is 877. The zero-order chi connectivity index (χ0) is 18.0. The van der Waals surface area contributed by atoms with Crippen LogP contribution in [-0.2, 0) is 0 Å². The quantitative estimate of drug-likeness (QED) is 0.595. The second kappa shape index (κ2) is 7.36. The molecular weight excluding hydrogens is 456 g/mol. The number of anilines is 1. The van der Waals surface area contributed by atoms with E-state index in [0.717, 1.165) is 5.69 Å². The third-order valence-electron chi connectivity index (χ3n) is 3.17. The molecule has 3 aromatic rings. The Hall–Kier alpha value is -2.20. The molecule has 130 valence electrons. The minimum Gasteiger partial charge on any atom is -0.487 e. The summed E-state index contributed by atoms with van der Waals surface area (Å²) in [4.78, 5) is 12.9. The molecule has 0 fully saturated rings. The molecular formula is C15H14Br2N6O2. The van der Waals surface area contributed by atoms with E-state index in [1.807, 2.05) is 44.2 Å². The number of hydrogen-bond donors (Lipinski definition) is 2. The van der Waals surface area contributed by atoms with Crippen LogP contribution in [0.1, 0.15) is 24.3 Å². The van der Waals surface area contributed by atoms with Gasteiger partial charge in [-0.25, -0.2) is 0 Å². The van der Waals surface area contributed by atoms with Crippen LogP contribution in [0.2, 0.25) is 0 Å². The largest absolute Gasteiger partial charge is 0.487 e. The first kappa shape index (κ1) is 17.6. The van der Waals surface area contributed by atoms with Gasteiger partial charge in [0, 0.05) is 5.69 Å². The van der Waals surface area contributed by atoms with Gasteiger partial charge in [0.2, 0.25) is 0 Å². The highest BCUT2D eigenvalue weighted by Gasteiger charge is 2.28. The average molecular weight is 470 g/mol. The molecule has 3 rings (SSSR count). The fraction of sp³-hybridized carbons (Fsp3) is 0.200. The van der Waals surface area contributed by atoms with Gasteiger partial charge < -0.3 is 4.74 Å². The van der Waals surface area contributed by atoms with Gasteiger partial charge in [-0.15, -0.1) is 5.10 Å². The maximum absolute atomic E-state index is 12.9. The number of ether oxygens (including phenoxy) is 1. The zero-order valence-corrected chi connectivity index (χ0v) is 16.5. The van der Waals surface area contributed by atoms with Crippen molar-refractivity contribution in [2.45, 2.75) is 20.0 Å². The van der Waals surface area contributed by atoms with Crippen molar-refractivity contribution in [2.75, 3.05) is 5.32 Å². The minimum absolute atomic E-state index is 0.0774. The number of rotatable bonds is 5. The smallest absolute Gasteiger partial charge is 0.279 e. The Morgan fingerprint density at radius 3 is 2.60 bits per heavy atom. The van der Waals surface area contributed by atoms with E-state index in [0.29, 0.717) is 20.5 Å². The molecule has 0 bridgehead atoms. The second-order valence-corrected chi connectivity index (χ2v) is 6.85. The lowest BCUT2D eigenvalue weighted by molar-refractivity contribution is 0.101. The number of aromatic amines is 1. The molecule has 0 aliphatic carbocycles. The van der Waals surface area contributed by atoms with E-state index in [2.05, 4.69) is 57.8 Å². The molecule has 0 radical (unpaired) electrons. The molecule has 1 amide bonds. The molecule has 0 aliphatic rings. The van der Waals surface area contributed by atoms with Gasteiger partial charge in [0.05, 0.1) is 10.6 Å². The summed E-state index contributed by atoms with van der Waals surface area (Å²) in [7, 11) is 0. The van der Waals surface area contributed by atoms with Crippen molar-refractivity contribution in [3.8, 4) is 11.4 Å². The predicted molar refractivity (Wildman–Crippen MR) is 99.1 cm³/mol. The van der Waals surface area contributed by atoms with Crippen molar-refractivity contribution in [1.82, 2.24) is 25.2 Å². The Morgan fingerprint density at radius 1 is 1.28 bits per heavy atom. The monoisotopic (exact) mass is 468 g/mol. The van der Waals surface area contributed by atoms with Crippen molar-refractivity contribution < 1.29 is 9.53 Å². The molecule has 0 spiro atoms. The number of para-hydroxylation sites is 1. The van der Waals surface area contributed by atoms with E-state index in [4.69, 9.17) is 4.74 Å². The number of carbonyl (C=O) groups excluding carboxylic acids is 1. The average Bonchev–Trinajstić information content (AvgIpc) is 3.17. The minimum atomic E-state index is -0.424. The molecule has 1 aromatic carbocycles. The van der Waals surface area contributed by atoms with E-state index < -0.39 is 5.91 Å². The van der Waals surface area contributed by atoms with Gasteiger partial charge in [0.25, 0.3) is 11.9 Å². The molecule has 0 unspecified atom stereocenters. The van der Waals surface area contributed by atoms with Gasteiger partial charge in [-0.2, -0.15) is 5.21 Å². The topological polar surface area (TPSA) is 97.7 Å². The third kappa shape index (κ3) is 3.59. The van der Waals surface area contributed by atoms with Crippen LogP contribution in [0.25, 0.3) is 5.69 Å². The first-order valence-corrected chi connectivity index (χ1v) is 8.94. The van der Waals surface area contributed by atoms with Crippen LogP contribution in [-0.4, -0.2) is 37.2 Å². The van der Waals surface area contributed by atoms with Gasteiger partial charge in [-0.1, -0.05) is 23.3 Å². The van der Waals surface area contributed by atoms with Gasteiger partial charge >= 0.3 is 0 Å². The normalized spacial score (nSPS) is 10.9. The molecule has 0 saturated heterocycles. The Balaban J connectivity index is 2.15. The van der Waals surface area contributed by atoms with Crippen LogP contribution in [0.3, 0.4) is 0 Å². The number of hydrogen-bond acceptors (Lipinski definition) is 5. The summed E-state index contributed by atoms with van der Waals surface area (Å²) >= 11 is 7.03. The zero-order valence-electron chi connectivity index (χ0n) is 13.3. The summed E-state index contributed by atoms with van der Waals surface area (Å²) in [6, 6.07) is 9.46. The number of H-pyrrole nitrogens is 1. The number of amides is 1. The SMILES string of the molecule is CC(C)Oc1c(Br)c(Br)n(-c2ccccc2)c1C(=O)Nc1nn[nH]n1. The number of nitrogens with zero attached hydrogens (tertiary/aromatic N) is 4. The van der Waals surface area contributed by atoms with E-state index in [-0.39, 0.29) is 12.1 Å². The van der Waals surface area contributed by atoms with Crippen LogP contribution >= 0.6 is 31.9 Å². The van der Waals surface area contributed by atoms with Crippen molar-refractivity contribution in [2.24, 2.45) is 0 Å². The van der Waals surface area contributed by atoms with Crippen LogP contribution < -0.4 is 10.1 Å². The first-order chi connectivity index (χ1) is 12.0. The summed E-state index contributed by atoms with van der Waals surface area (Å²) < 4.78 is 8.93. The summed E-state index contributed by atoms with van der Waals surface area (Å²) in [5.41, 5.74) is 1.11. The van der Waals surface area contributed by atoms with Gasteiger partial charge in [0.15, 0.2) is 11.4 Å². The predicted octanol–water partition coefficient (Wildman–Crippen LogP) is 3.55. The lowest BCUT2D eigenvalue weighted by Crippen LogP contribution is -2.19. The van der Waals surface area contributed by atoms with E-state index in [1.54, 1.807) is 4.57 Å². The number of tetrazole rings is 1. The van der Waals surface area contributed by atoms with Crippen LogP contribution in [0.15, 0.2) is 39.4 Å². The maximum Gasteiger partial charge on any atom is 0.279 e. The Kier molecular flexibility index (Phi) is 5.19. The maximum atomic E-state index is 12.9. The highest BCUT2D eigenvalue weighted by atomic mass is 79.9. The first-order valence-electron chi connectivity index (χ1n) is 7.35. The molecule has 2 aromatic heterocycles. The molecule has 25 heavy (non-hydrogen) atoms. The molecule has 0 atom stereocenters. The summed E-state index contributed by atoms with van der Waals surface area (Å²) in [6.07, 6.45) is -0.119. The molecule has 2 N–H and O–H groups in total. The molecule has 0 saturated carbocycles. The van der Waals surface area contributed by atoms with Gasteiger partial charge in [-0.05, 0) is 63.1 Å². The molecule has 2 heterocycles. The molecule has 0 aliphatic heterocycles. The number of aromatic nitrogens is 5. The Labute approximate surface area is 160 Å². The van der Waals surface area contributed by atoms with E-state index in [9.17, 15) is 4.79 Å². The summed E-state index contributed by atoms with van der Waals surface area (Å²) in [5, 5.41) is 15.8. The molecule has 8 nitrogen and oxygen atoms in total. The van der Waals surface area contributed by atoms with Crippen LogP contribution in [0.4, 0.5) is 5.95 Å². The number of benzene rings is 1. The lowest BCUT2D eigenvalue weighted by atomic mass is 10.3. The third-order valence-corrected chi connectivity index (χ3v) is 5.19. The fourth-order valence-corrected chi connectivity index (χ4v) is 3.26. The van der Waals surface area contributed by atoms with E-state index >= 15 is 0 Å². The van der Waals surface area contributed by atoms with Crippen molar-refractivity contribution in [3.05, 3.63) is 45.1 Å². The van der Waals surface area contributed by atoms with Gasteiger partial charge in [0.1, 0.15) is 4.60 Å². The van der Waals surface area contributed by atoms with Crippen molar-refractivity contribution in [3.63, 3.8) is 0 Å². The standard InChI is InChI=1S/C15H14Br2N6O2/c1-8(2)25-12-10(16)13(17)23(9-6-4-3-5-7-9)11(12)14(24)18-15-19-21-22-20-15/h3-8H,1-2H3,(H2,18,19,20,21,22,24). The summed E-state index contributed by atoms with van der Waals surface area (Å²) in [6.45, 7) is 3.78.